The molecular weight excluding hydrogens is 336 g/mol. The first-order valence-corrected chi connectivity index (χ1v) is 8.09. The van der Waals surface area contributed by atoms with Crippen molar-refractivity contribution in [2.75, 3.05) is 0 Å². The summed E-state index contributed by atoms with van der Waals surface area (Å²) < 4.78 is 11.5. The van der Waals surface area contributed by atoms with E-state index in [2.05, 4.69) is 0 Å². The summed E-state index contributed by atoms with van der Waals surface area (Å²) in [6.07, 6.45) is -1.22. The molecule has 0 N–H and O–H groups in total. The zero-order valence-electron chi connectivity index (χ0n) is 13.5. The third-order valence-electron chi connectivity index (χ3n) is 4.86. The number of fused-ring (bicyclic) bond motifs is 5. The number of ether oxygens (including phenoxy) is 2. The molecule has 0 aliphatic carbocycles. The van der Waals surface area contributed by atoms with Gasteiger partial charge >= 0.3 is 5.97 Å². The smallest absolute Gasteiger partial charge is 0.352 e. The van der Waals surface area contributed by atoms with Crippen molar-refractivity contribution in [1.29, 1.82) is 0 Å². The number of aromatic nitrogens is 2. The van der Waals surface area contributed by atoms with Gasteiger partial charge in [0.1, 0.15) is 6.61 Å². The molecule has 7 nitrogen and oxygen atoms in total. The summed E-state index contributed by atoms with van der Waals surface area (Å²) in [5, 5.41) is 0.998. The molecule has 0 saturated heterocycles. The molecule has 0 amide bonds. The van der Waals surface area contributed by atoms with E-state index in [4.69, 9.17) is 14.5 Å². The molecule has 0 fully saturated rings. The van der Waals surface area contributed by atoms with Gasteiger partial charge in [0, 0.05) is 16.5 Å². The van der Waals surface area contributed by atoms with Gasteiger partial charge in [-0.1, -0.05) is 18.2 Å². The van der Waals surface area contributed by atoms with Gasteiger partial charge in [0.25, 0.3) is 12.0 Å². The Balaban J connectivity index is 1.77. The van der Waals surface area contributed by atoms with Gasteiger partial charge in [0.05, 0.1) is 29.0 Å². The molecule has 128 valence electrons. The standard InChI is InChI=1S/C19H12N2O5/c22-9-26-17-12-6-15-16-11(5-10-3-1-2-4-14(10)20-16)7-21(15)18(23)13(12)8-25-19(17)24/h1-6,9,17H,7-8H2. The van der Waals surface area contributed by atoms with Crippen molar-refractivity contribution < 1.29 is 19.1 Å². The van der Waals surface area contributed by atoms with Crippen LogP contribution in [0.15, 0.2) is 41.2 Å². The predicted octanol–water partition coefficient (Wildman–Crippen LogP) is 1.70. The van der Waals surface area contributed by atoms with Crippen molar-refractivity contribution in [3.8, 4) is 11.4 Å². The summed E-state index contributed by atoms with van der Waals surface area (Å²) in [6.45, 7) is 0.463. The largest absolute Gasteiger partial charge is 0.458 e. The van der Waals surface area contributed by atoms with E-state index >= 15 is 0 Å². The Hall–Kier alpha value is -3.48. The van der Waals surface area contributed by atoms with E-state index in [1.165, 1.54) is 0 Å². The number of rotatable bonds is 2. The lowest BCUT2D eigenvalue weighted by atomic mass is 10.0. The van der Waals surface area contributed by atoms with Crippen LogP contribution >= 0.6 is 0 Å². The molecule has 3 aromatic rings. The number of benzene rings is 1. The zero-order chi connectivity index (χ0) is 17.8. The van der Waals surface area contributed by atoms with E-state index in [1.807, 2.05) is 30.3 Å². The summed E-state index contributed by atoms with van der Waals surface area (Å²) in [6, 6.07) is 11.4. The van der Waals surface area contributed by atoms with Crippen molar-refractivity contribution in [2.45, 2.75) is 19.3 Å². The SMILES string of the molecule is O=COC1C(=O)OCc2c1cc1n(c2=O)Cc2cc3ccccc3nc2-1. The number of carbonyl (C=O) groups is 2. The average Bonchev–Trinajstić information content (AvgIpc) is 3.00. The Labute approximate surface area is 146 Å². The van der Waals surface area contributed by atoms with E-state index in [0.717, 1.165) is 16.5 Å². The van der Waals surface area contributed by atoms with Gasteiger partial charge in [-0.2, -0.15) is 0 Å². The second-order valence-electron chi connectivity index (χ2n) is 6.26. The van der Waals surface area contributed by atoms with Crippen LogP contribution in [0.3, 0.4) is 0 Å². The van der Waals surface area contributed by atoms with Crippen molar-refractivity contribution in [3.05, 3.63) is 63.4 Å². The number of para-hydroxylation sites is 1. The molecule has 5 rings (SSSR count). The number of hydrogen-bond donors (Lipinski definition) is 0. The summed E-state index contributed by atoms with van der Waals surface area (Å²) >= 11 is 0. The molecule has 4 heterocycles. The fourth-order valence-corrected chi connectivity index (χ4v) is 3.64. The molecule has 26 heavy (non-hydrogen) atoms. The van der Waals surface area contributed by atoms with E-state index in [1.54, 1.807) is 10.6 Å². The normalized spacial score (nSPS) is 17.2. The number of hydrogen-bond acceptors (Lipinski definition) is 6. The summed E-state index contributed by atoms with van der Waals surface area (Å²) in [4.78, 5) is 40.3. The molecule has 0 radical (unpaired) electrons. The van der Waals surface area contributed by atoms with Gasteiger partial charge in [-0.3, -0.25) is 9.59 Å². The van der Waals surface area contributed by atoms with Crippen LogP contribution in [0.4, 0.5) is 0 Å². The van der Waals surface area contributed by atoms with E-state index in [0.29, 0.717) is 29.1 Å². The highest BCUT2D eigenvalue weighted by molar-refractivity contribution is 5.85. The van der Waals surface area contributed by atoms with Gasteiger partial charge in [-0.15, -0.1) is 0 Å². The lowest BCUT2D eigenvalue weighted by Gasteiger charge is -2.23. The first kappa shape index (κ1) is 14.8. The summed E-state index contributed by atoms with van der Waals surface area (Å²) in [5.74, 6) is -0.682. The minimum absolute atomic E-state index is 0.127. The van der Waals surface area contributed by atoms with Crippen LogP contribution in [0.5, 0.6) is 0 Å². The average molecular weight is 348 g/mol. The Morgan fingerprint density at radius 1 is 1.23 bits per heavy atom. The molecule has 2 aromatic heterocycles. The maximum Gasteiger partial charge on any atom is 0.352 e. The first-order chi connectivity index (χ1) is 12.7. The number of carbonyl (C=O) groups excluding carboxylic acids is 2. The third kappa shape index (κ3) is 1.94. The number of cyclic esters (lactones) is 1. The minimum Gasteiger partial charge on any atom is -0.458 e. The van der Waals surface area contributed by atoms with Crippen molar-refractivity contribution in [3.63, 3.8) is 0 Å². The molecule has 1 atom stereocenters. The lowest BCUT2D eigenvalue weighted by Crippen LogP contribution is -2.33. The number of pyridine rings is 2. The highest BCUT2D eigenvalue weighted by Crippen LogP contribution is 2.35. The Morgan fingerprint density at radius 2 is 2.08 bits per heavy atom. The lowest BCUT2D eigenvalue weighted by molar-refractivity contribution is -0.165. The minimum atomic E-state index is -1.22. The van der Waals surface area contributed by atoms with Crippen LogP contribution < -0.4 is 5.56 Å². The number of esters is 1. The maximum atomic E-state index is 12.9. The first-order valence-electron chi connectivity index (χ1n) is 8.09. The molecule has 7 heteroatoms. The predicted molar refractivity (Wildman–Crippen MR) is 90.2 cm³/mol. The van der Waals surface area contributed by atoms with Crippen LogP contribution in [0.25, 0.3) is 22.3 Å². The summed E-state index contributed by atoms with van der Waals surface area (Å²) in [5.41, 5.74) is 3.51. The second-order valence-corrected chi connectivity index (χ2v) is 6.26. The van der Waals surface area contributed by atoms with Crippen LogP contribution in [0, 0.1) is 0 Å². The van der Waals surface area contributed by atoms with Crippen molar-refractivity contribution >= 4 is 23.3 Å². The fourth-order valence-electron chi connectivity index (χ4n) is 3.64. The number of nitrogens with zero attached hydrogens (tertiary/aromatic N) is 2. The Morgan fingerprint density at radius 3 is 2.92 bits per heavy atom. The van der Waals surface area contributed by atoms with Gasteiger partial charge < -0.3 is 14.0 Å². The van der Waals surface area contributed by atoms with Gasteiger partial charge in [-0.05, 0) is 18.2 Å². The van der Waals surface area contributed by atoms with E-state index in [-0.39, 0.29) is 18.6 Å². The zero-order valence-corrected chi connectivity index (χ0v) is 13.5. The van der Waals surface area contributed by atoms with E-state index in [9.17, 15) is 14.4 Å². The fraction of sp³-hybridized carbons (Fsp3) is 0.158. The molecule has 1 unspecified atom stereocenters. The Kier molecular flexibility index (Phi) is 3.00. The Bertz CT molecular complexity index is 1160. The van der Waals surface area contributed by atoms with Gasteiger partial charge in [0.15, 0.2) is 0 Å². The van der Waals surface area contributed by atoms with Crippen LogP contribution in [0.1, 0.15) is 22.8 Å². The highest BCUT2D eigenvalue weighted by atomic mass is 16.6. The molecule has 0 saturated carbocycles. The third-order valence-corrected chi connectivity index (χ3v) is 4.86. The molecule has 1 aromatic carbocycles. The highest BCUT2D eigenvalue weighted by Gasteiger charge is 2.36. The topological polar surface area (TPSA) is 87.5 Å². The maximum absolute atomic E-state index is 12.9. The van der Waals surface area contributed by atoms with Gasteiger partial charge in [0.2, 0.25) is 6.10 Å². The summed E-state index contributed by atoms with van der Waals surface area (Å²) in [7, 11) is 0. The molecule has 0 bridgehead atoms. The molecule has 2 aliphatic heterocycles. The van der Waals surface area contributed by atoms with Crippen LogP contribution in [0.2, 0.25) is 0 Å². The van der Waals surface area contributed by atoms with Crippen LogP contribution in [-0.4, -0.2) is 22.0 Å². The molecule has 2 aliphatic rings. The molecule has 0 spiro atoms. The molecular formula is C19H12N2O5. The van der Waals surface area contributed by atoms with Crippen molar-refractivity contribution in [2.24, 2.45) is 0 Å². The van der Waals surface area contributed by atoms with Crippen molar-refractivity contribution in [1.82, 2.24) is 9.55 Å². The second kappa shape index (κ2) is 5.26. The quantitative estimate of drug-likeness (QED) is 0.405. The monoisotopic (exact) mass is 348 g/mol. The van der Waals surface area contributed by atoms with Crippen LogP contribution in [-0.2, 0) is 32.2 Å². The van der Waals surface area contributed by atoms with E-state index < -0.39 is 12.1 Å². The van der Waals surface area contributed by atoms with Gasteiger partial charge in [-0.25, -0.2) is 9.78 Å².